The third-order valence-electron chi connectivity index (χ3n) is 5.35. The van der Waals surface area contributed by atoms with Crippen molar-refractivity contribution < 1.29 is 4.79 Å². The molecule has 0 bridgehead atoms. The largest absolute Gasteiger partial charge is 0.356 e. The van der Waals surface area contributed by atoms with E-state index in [0.717, 1.165) is 63.2 Å². The van der Waals surface area contributed by atoms with Gasteiger partial charge in [0.2, 0.25) is 5.91 Å². The number of anilines is 1. The van der Waals surface area contributed by atoms with E-state index in [-0.39, 0.29) is 5.92 Å². The van der Waals surface area contributed by atoms with E-state index in [0.29, 0.717) is 5.91 Å². The first-order valence-corrected chi connectivity index (χ1v) is 9.21. The second-order valence-corrected chi connectivity index (χ2v) is 7.03. The van der Waals surface area contributed by atoms with Crippen LogP contribution in [0.3, 0.4) is 0 Å². The average Bonchev–Trinajstić information content (AvgIpc) is 2.68. The molecule has 1 unspecified atom stereocenters. The molecule has 1 atom stereocenters. The first kappa shape index (κ1) is 15.4. The molecule has 2 aliphatic heterocycles. The van der Waals surface area contributed by atoms with Crippen molar-refractivity contribution in [3.05, 3.63) is 36.4 Å². The number of carbonyl (C=O) groups is 1. The van der Waals surface area contributed by atoms with E-state index >= 15 is 0 Å². The fourth-order valence-corrected chi connectivity index (χ4v) is 3.99. The number of benzene rings is 1. The zero-order chi connectivity index (χ0) is 16.4. The van der Waals surface area contributed by atoms with Crippen LogP contribution in [0, 0.1) is 5.92 Å². The van der Waals surface area contributed by atoms with Crippen LogP contribution in [0.1, 0.15) is 32.1 Å². The predicted octanol–water partition coefficient (Wildman–Crippen LogP) is 3.46. The van der Waals surface area contributed by atoms with Crippen LogP contribution in [0.15, 0.2) is 36.4 Å². The van der Waals surface area contributed by atoms with Crippen molar-refractivity contribution in [1.82, 2.24) is 9.88 Å². The highest BCUT2D eigenvalue weighted by Gasteiger charge is 2.30. The minimum Gasteiger partial charge on any atom is -0.356 e. The van der Waals surface area contributed by atoms with E-state index in [2.05, 4.69) is 34.1 Å². The third kappa shape index (κ3) is 3.10. The van der Waals surface area contributed by atoms with Gasteiger partial charge in [0.1, 0.15) is 5.82 Å². The number of hydrogen-bond donors (Lipinski definition) is 0. The van der Waals surface area contributed by atoms with Gasteiger partial charge in [-0.1, -0.05) is 18.2 Å². The summed E-state index contributed by atoms with van der Waals surface area (Å²) in [4.78, 5) is 22.0. The van der Waals surface area contributed by atoms with Crippen molar-refractivity contribution >= 4 is 22.6 Å². The molecule has 2 fully saturated rings. The number of likely N-dealkylation sites (tertiary alicyclic amines) is 1. The van der Waals surface area contributed by atoms with Crippen LogP contribution in [-0.2, 0) is 4.79 Å². The molecule has 0 aliphatic carbocycles. The smallest absolute Gasteiger partial charge is 0.227 e. The molecule has 0 spiro atoms. The highest BCUT2D eigenvalue weighted by molar-refractivity contribution is 5.81. The van der Waals surface area contributed by atoms with E-state index in [1.807, 2.05) is 12.1 Å². The molecule has 2 aliphatic rings. The predicted molar refractivity (Wildman–Crippen MR) is 97.1 cm³/mol. The first-order chi connectivity index (χ1) is 11.8. The Kier molecular flexibility index (Phi) is 4.37. The average molecular weight is 323 g/mol. The molecule has 4 rings (SSSR count). The van der Waals surface area contributed by atoms with Gasteiger partial charge in [-0.05, 0) is 50.3 Å². The monoisotopic (exact) mass is 323 g/mol. The van der Waals surface area contributed by atoms with Crippen molar-refractivity contribution in [2.45, 2.75) is 32.1 Å². The van der Waals surface area contributed by atoms with Gasteiger partial charge in [-0.15, -0.1) is 0 Å². The van der Waals surface area contributed by atoms with Crippen molar-refractivity contribution in [1.29, 1.82) is 0 Å². The Bertz CT molecular complexity index is 724. The van der Waals surface area contributed by atoms with Crippen LogP contribution < -0.4 is 4.90 Å². The lowest BCUT2D eigenvalue weighted by Gasteiger charge is -2.36. The molecule has 24 heavy (non-hydrogen) atoms. The summed E-state index contributed by atoms with van der Waals surface area (Å²) in [5, 5.41) is 1.17. The maximum atomic E-state index is 12.8. The summed E-state index contributed by atoms with van der Waals surface area (Å²) in [6.07, 6.45) is 5.67. The number of fused-ring (bicyclic) bond motifs is 1. The van der Waals surface area contributed by atoms with E-state index in [1.54, 1.807) is 0 Å². The molecule has 1 amide bonds. The van der Waals surface area contributed by atoms with Gasteiger partial charge in [-0.25, -0.2) is 4.98 Å². The Balaban J connectivity index is 1.50. The highest BCUT2D eigenvalue weighted by Crippen LogP contribution is 2.26. The van der Waals surface area contributed by atoms with Crippen LogP contribution in [0.2, 0.25) is 0 Å². The summed E-state index contributed by atoms with van der Waals surface area (Å²) >= 11 is 0. The number of nitrogens with zero attached hydrogens (tertiary/aromatic N) is 3. The zero-order valence-electron chi connectivity index (χ0n) is 14.2. The molecule has 0 N–H and O–H groups in total. The molecule has 126 valence electrons. The van der Waals surface area contributed by atoms with E-state index in [9.17, 15) is 4.79 Å². The molecule has 1 aromatic heterocycles. The number of aromatic nitrogens is 1. The number of piperidine rings is 2. The molecule has 3 heterocycles. The Morgan fingerprint density at radius 3 is 2.67 bits per heavy atom. The maximum Gasteiger partial charge on any atom is 0.227 e. The summed E-state index contributed by atoms with van der Waals surface area (Å²) in [7, 11) is 0. The van der Waals surface area contributed by atoms with Crippen LogP contribution in [0.4, 0.5) is 5.82 Å². The van der Waals surface area contributed by atoms with Crippen LogP contribution >= 0.6 is 0 Å². The SMILES string of the molecule is O=C(C1CCCN(c2ccc3ccccc3n2)C1)N1CCCCC1. The summed E-state index contributed by atoms with van der Waals surface area (Å²) in [6, 6.07) is 12.4. The van der Waals surface area contributed by atoms with Crippen LogP contribution in [0.5, 0.6) is 0 Å². The lowest BCUT2D eigenvalue weighted by molar-refractivity contribution is -0.136. The molecule has 0 radical (unpaired) electrons. The van der Waals surface area contributed by atoms with Crippen molar-refractivity contribution in [2.24, 2.45) is 5.92 Å². The summed E-state index contributed by atoms with van der Waals surface area (Å²) in [5.74, 6) is 1.50. The Labute approximate surface area is 143 Å². The van der Waals surface area contributed by atoms with Gasteiger partial charge >= 0.3 is 0 Å². The second-order valence-electron chi connectivity index (χ2n) is 7.03. The minimum atomic E-state index is 0.130. The van der Waals surface area contributed by atoms with Gasteiger partial charge < -0.3 is 9.80 Å². The fourth-order valence-electron chi connectivity index (χ4n) is 3.99. The number of carbonyl (C=O) groups excluding carboxylic acids is 1. The lowest BCUT2D eigenvalue weighted by Crippen LogP contribution is -2.46. The lowest BCUT2D eigenvalue weighted by atomic mass is 9.95. The number of rotatable bonds is 2. The normalized spacial score (nSPS) is 21.9. The van der Waals surface area contributed by atoms with Gasteiger partial charge in [-0.2, -0.15) is 0 Å². The summed E-state index contributed by atoms with van der Waals surface area (Å²) in [6.45, 7) is 3.70. The van der Waals surface area contributed by atoms with E-state index < -0.39 is 0 Å². The summed E-state index contributed by atoms with van der Waals surface area (Å²) < 4.78 is 0. The minimum absolute atomic E-state index is 0.130. The second kappa shape index (κ2) is 6.80. The Hall–Kier alpha value is -2.10. The fraction of sp³-hybridized carbons (Fsp3) is 0.500. The zero-order valence-corrected chi connectivity index (χ0v) is 14.2. The molecule has 2 saturated heterocycles. The first-order valence-electron chi connectivity index (χ1n) is 9.21. The number of hydrogen-bond acceptors (Lipinski definition) is 3. The Morgan fingerprint density at radius 2 is 1.79 bits per heavy atom. The maximum absolute atomic E-state index is 12.8. The van der Waals surface area contributed by atoms with Gasteiger partial charge in [0, 0.05) is 31.6 Å². The van der Waals surface area contributed by atoms with E-state index in [4.69, 9.17) is 4.98 Å². The van der Waals surface area contributed by atoms with Gasteiger partial charge in [0.25, 0.3) is 0 Å². The van der Waals surface area contributed by atoms with Gasteiger partial charge in [0.05, 0.1) is 11.4 Å². The molecule has 2 aromatic rings. The van der Waals surface area contributed by atoms with Crippen molar-refractivity contribution in [2.75, 3.05) is 31.1 Å². The summed E-state index contributed by atoms with van der Waals surface area (Å²) in [5.41, 5.74) is 1.03. The Morgan fingerprint density at radius 1 is 0.958 bits per heavy atom. The molecule has 0 saturated carbocycles. The van der Waals surface area contributed by atoms with Crippen LogP contribution in [0.25, 0.3) is 10.9 Å². The molecule has 4 nitrogen and oxygen atoms in total. The molecule has 1 aromatic carbocycles. The van der Waals surface area contributed by atoms with Crippen molar-refractivity contribution in [3.63, 3.8) is 0 Å². The number of amides is 1. The van der Waals surface area contributed by atoms with E-state index in [1.165, 1.54) is 11.8 Å². The highest BCUT2D eigenvalue weighted by atomic mass is 16.2. The van der Waals surface area contributed by atoms with Crippen LogP contribution in [-0.4, -0.2) is 42.0 Å². The standard InChI is InChI=1S/C20H25N3O/c24-20(22-12-4-1-5-13-22)17-8-6-14-23(15-17)19-11-10-16-7-2-3-9-18(16)21-19/h2-3,7,9-11,17H,1,4-6,8,12-15H2. The molecular weight excluding hydrogens is 298 g/mol. The van der Waals surface area contributed by atoms with Gasteiger partial charge in [-0.3, -0.25) is 4.79 Å². The molecule has 4 heteroatoms. The molecular formula is C20H25N3O. The van der Waals surface area contributed by atoms with Gasteiger partial charge in [0.15, 0.2) is 0 Å². The topological polar surface area (TPSA) is 36.4 Å². The van der Waals surface area contributed by atoms with Crippen molar-refractivity contribution in [3.8, 4) is 0 Å². The quantitative estimate of drug-likeness (QED) is 0.849. The number of pyridine rings is 1. The number of para-hydroxylation sites is 1. The third-order valence-corrected chi connectivity index (χ3v) is 5.35.